The molecule has 2 aliphatic heterocycles. The van der Waals surface area contributed by atoms with Crippen LogP contribution < -0.4 is 10.6 Å². The van der Waals surface area contributed by atoms with E-state index in [0.29, 0.717) is 18.7 Å². The highest BCUT2D eigenvalue weighted by atomic mass is 16.2. The van der Waals surface area contributed by atoms with Crippen LogP contribution in [0.5, 0.6) is 0 Å². The largest absolute Gasteiger partial charge is 0.325 e. The Morgan fingerprint density at radius 2 is 1.83 bits per heavy atom. The van der Waals surface area contributed by atoms with Crippen LogP contribution in [-0.2, 0) is 16.1 Å². The van der Waals surface area contributed by atoms with E-state index in [0.717, 1.165) is 30.0 Å². The molecule has 2 saturated heterocycles. The molecule has 1 unspecified atom stereocenters. The highest BCUT2D eigenvalue weighted by Gasteiger charge is 2.53. The lowest BCUT2D eigenvalue weighted by Gasteiger charge is -2.38. The summed E-state index contributed by atoms with van der Waals surface area (Å²) >= 11 is 0. The SMILES string of the molecule is Cc1ccc(NC(=O)CN2C(=O)NC3(CCCN(Cc4ccccc4)C3)C2=O)cc1. The Hall–Kier alpha value is -3.19. The van der Waals surface area contributed by atoms with Crippen LogP contribution in [0.15, 0.2) is 54.6 Å². The highest BCUT2D eigenvalue weighted by molar-refractivity contribution is 6.10. The maximum atomic E-state index is 13.2. The molecule has 2 N–H and O–H groups in total. The van der Waals surface area contributed by atoms with Crippen LogP contribution >= 0.6 is 0 Å². The summed E-state index contributed by atoms with van der Waals surface area (Å²) in [5, 5.41) is 5.62. The first-order valence-corrected chi connectivity index (χ1v) is 10.2. The smallest absolute Gasteiger partial charge is 0.325 e. The van der Waals surface area contributed by atoms with Crippen LogP contribution in [0.25, 0.3) is 0 Å². The van der Waals surface area contributed by atoms with Gasteiger partial charge >= 0.3 is 6.03 Å². The van der Waals surface area contributed by atoms with Gasteiger partial charge in [0.2, 0.25) is 5.91 Å². The number of benzene rings is 2. The van der Waals surface area contributed by atoms with Gasteiger partial charge in [-0.2, -0.15) is 0 Å². The first-order valence-electron chi connectivity index (χ1n) is 10.2. The number of hydrogen-bond acceptors (Lipinski definition) is 4. The third-order valence-corrected chi connectivity index (χ3v) is 5.70. The topological polar surface area (TPSA) is 81.8 Å². The van der Waals surface area contributed by atoms with Gasteiger partial charge in [-0.1, -0.05) is 48.0 Å². The van der Waals surface area contributed by atoms with Crippen LogP contribution in [-0.4, -0.2) is 52.8 Å². The number of nitrogens with zero attached hydrogens (tertiary/aromatic N) is 2. The molecule has 30 heavy (non-hydrogen) atoms. The van der Waals surface area contributed by atoms with E-state index in [2.05, 4.69) is 27.7 Å². The van der Waals surface area contributed by atoms with Crippen molar-refractivity contribution in [1.29, 1.82) is 0 Å². The number of anilines is 1. The van der Waals surface area contributed by atoms with Gasteiger partial charge in [0.15, 0.2) is 0 Å². The number of carbonyl (C=O) groups excluding carboxylic acids is 3. The molecule has 156 valence electrons. The molecule has 7 nitrogen and oxygen atoms in total. The zero-order valence-electron chi connectivity index (χ0n) is 17.1. The van der Waals surface area contributed by atoms with Crippen molar-refractivity contribution in [2.75, 3.05) is 25.0 Å². The van der Waals surface area contributed by atoms with Gasteiger partial charge in [0, 0.05) is 18.8 Å². The molecular weight excluding hydrogens is 380 g/mol. The Labute approximate surface area is 176 Å². The van der Waals surface area contributed by atoms with E-state index in [4.69, 9.17) is 0 Å². The van der Waals surface area contributed by atoms with Crippen LogP contribution in [0.2, 0.25) is 0 Å². The van der Waals surface area contributed by atoms with E-state index in [1.807, 2.05) is 37.3 Å². The quantitative estimate of drug-likeness (QED) is 0.748. The van der Waals surface area contributed by atoms with Crippen molar-refractivity contribution >= 4 is 23.5 Å². The number of carbonyl (C=O) groups is 3. The summed E-state index contributed by atoms with van der Waals surface area (Å²) in [4.78, 5) is 41.4. The van der Waals surface area contributed by atoms with Gasteiger partial charge in [0.05, 0.1) is 0 Å². The van der Waals surface area contributed by atoms with Gasteiger partial charge in [-0.3, -0.25) is 19.4 Å². The molecule has 2 aliphatic rings. The predicted molar refractivity (Wildman–Crippen MR) is 114 cm³/mol. The number of urea groups is 1. The van der Waals surface area contributed by atoms with Crippen LogP contribution in [0.4, 0.5) is 10.5 Å². The van der Waals surface area contributed by atoms with Crippen molar-refractivity contribution in [3.63, 3.8) is 0 Å². The lowest BCUT2D eigenvalue weighted by atomic mass is 9.88. The van der Waals surface area contributed by atoms with Crippen molar-refractivity contribution in [3.8, 4) is 0 Å². The Bertz CT molecular complexity index is 945. The number of likely N-dealkylation sites (tertiary alicyclic amines) is 1. The molecule has 2 heterocycles. The zero-order chi connectivity index (χ0) is 21.1. The molecule has 4 rings (SSSR count). The van der Waals surface area contributed by atoms with Crippen molar-refractivity contribution < 1.29 is 14.4 Å². The van der Waals surface area contributed by atoms with Crippen LogP contribution in [0.1, 0.15) is 24.0 Å². The predicted octanol–water partition coefficient (Wildman–Crippen LogP) is 2.52. The van der Waals surface area contributed by atoms with E-state index in [1.54, 1.807) is 12.1 Å². The molecule has 2 aromatic carbocycles. The first-order chi connectivity index (χ1) is 14.4. The minimum Gasteiger partial charge on any atom is -0.325 e. The summed E-state index contributed by atoms with van der Waals surface area (Å²) in [6.07, 6.45) is 1.39. The average Bonchev–Trinajstić information content (AvgIpc) is 2.94. The lowest BCUT2D eigenvalue weighted by Crippen LogP contribution is -2.58. The van der Waals surface area contributed by atoms with Crippen molar-refractivity contribution in [3.05, 3.63) is 65.7 Å². The van der Waals surface area contributed by atoms with Gasteiger partial charge < -0.3 is 10.6 Å². The molecular formula is C23H26N4O3. The summed E-state index contributed by atoms with van der Waals surface area (Å²) in [5.74, 6) is -0.708. The maximum Gasteiger partial charge on any atom is 0.325 e. The number of rotatable bonds is 5. The van der Waals surface area contributed by atoms with E-state index < -0.39 is 17.5 Å². The van der Waals surface area contributed by atoms with Gasteiger partial charge in [0.25, 0.3) is 5.91 Å². The molecule has 0 aromatic heterocycles. The second-order valence-electron chi connectivity index (χ2n) is 8.12. The second kappa shape index (κ2) is 8.28. The summed E-state index contributed by atoms with van der Waals surface area (Å²) in [5.41, 5.74) is 1.94. The summed E-state index contributed by atoms with van der Waals surface area (Å²) < 4.78 is 0. The zero-order valence-corrected chi connectivity index (χ0v) is 17.1. The Morgan fingerprint density at radius 1 is 1.10 bits per heavy atom. The van der Waals surface area contributed by atoms with Gasteiger partial charge in [-0.05, 0) is 44.0 Å². The number of hydrogen-bond donors (Lipinski definition) is 2. The van der Waals surface area contributed by atoms with Crippen molar-refractivity contribution in [2.45, 2.75) is 31.8 Å². The summed E-state index contributed by atoms with van der Waals surface area (Å²) in [7, 11) is 0. The fraction of sp³-hybridized carbons (Fsp3) is 0.348. The summed E-state index contributed by atoms with van der Waals surface area (Å²) in [6, 6.07) is 16.9. The fourth-order valence-electron chi connectivity index (χ4n) is 4.20. The highest BCUT2D eigenvalue weighted by Crippen LogP contribution is 2.29. The molecule has 2 fully saturated rings. The summed E-state index contributed by atoms with van der Waals surface area (Å²) in [6.45, 7) is 3.71. The maximum absolute atomic E-state index is 13.2. The number of amides is 4. The molecule has 0 saturated carbocycles. The number of piperidine rings is 1. The molecule has 0 radical (unpaired) electrons. The first kappa shape index (κ1) is 20.1. The Kier molecular flexibility index (Phi) is 5.55. The van der Waals surface area contributed by atoms with Crippen LogP contribution in [0, 0.1) is 6.92 Å². The molecule has 4 amide bonds. The fourth-order valence-corrected chi connectivity index (χ4v) is 4.20. The minimum atomic E-state index is -0.950. The molecule has 1 spiro atoms. The standard InChI is InChI=1S/C23H26N4O3/c1-17-8-10-19(11-9-17)24-20(28)15-27-21(29)23(25-22(27)30)12-5-13-26(16-23)14-18-6-3-2-4-7-18/h2-4,6-11H,5,12-16H2,1H3,(H,24,28)(H,25,30). The number of aryl methyl sites for hydroxylation is 1. The average molecular weight is 406 g/mol. The minimum absolute atomic E-state index is 0.293. The van der Waals surface area contributed by atoms with Crippen molar-refractivity contribution in [1.82, 2.24) is 15.1 Å². The molecule has 0 aliphatic carbocycles. The van der Waals surface area contributed by atoms with Gasteiger partial charge in [-0.15, -0.1) is 0 Å². The second-order valence-corrected chi connectivity index (χ2v) is 8.12. The van der Waals surface area contributed by atoms with E-state index in [1.165, 1.54) is 5.56 Å². The molecule has 0 bridgehead atoms. The van der Waals surface area contributed by atoms with E-state index >= 15 is 0 Å². The normalized spacial score (nSPS) is 21.7. The molecule has 7 heteroatoms. The molecule has 2 aromatic rings. The molecule has 1 atom stereocenters. The lowest BCUT2D eigenvalue weighted by molar-refractivity contribution is -0.135. The monoisotopic (exact) mass is 406 g/mol. The number of imide groups is 1. The third kappa shape index (κ3) is 4.21. The Balaban J connectivity index is 1.41. The van der Waals surface area contributed by atoms with E-state index in [-0.39, 0.29) is 12.5 Å². The third-order valence-electron chi connectivity index (χ3n) is 5.70. The Morgan fingerprint density at radius 3 is 2.57 bits per heavy atom. The van der Waals surface area contributed by atoms with Gasteiger partial charge in [-0.25, -0.2) is 4.79 Å². The van der Waals surface area contributed by atoms with Gasteiger partial charge in [0.1, 0.15) is 12.1 Å². The van der Waals surface area contributed by atoms with Crippen molar-refractivity contribution in [2.24, 2.45) is 0 Å². The van der Waals surface area contributed by atoms with E-state index in [9.17, 15) is 14.4 Å². The number of nitrogens with one attached hydrogen (secondary N) is 2. The van der Waals surface area contributed by atoms with Crippen LogP contribution in [0.3, 0.4) is 0 Å².